The van der Waals surface area contributed by atoms with Crippen LogP contribution in [0.2, 0.25) is 0 Å². The first-order valence-electron chi connectivity index (χ1n) is 5.01. The highest BCUT2D eigenvalue weighted by Crippen LogP contribution is 2.02. The normalized spacial score (nSPS) is 16.5. The minimum Gasteiger partial charge on any atom is -0.316 e. The van der Waals surface area contributed by atoms with Crippen LogP contribution in [0.1, 0.15) is 33.6 Å². The molecule has 0 saturated carbocycles. The quantitative estimate of drug-likeness (QED) is 0.656. The summed E-state index contributed by atoms with van der Waals surface area (Å²) < 4.78 is 0. The molecule has 0 aliphatic heterocycles. The monoisotopic (exact) mass is 172 g/mol. The fourth-order valence-corrected chi connectivity index (χ4v) is 1.23. The van der Waals surface area contributed by atoms with Gasteiger partial charge in [-0.1, -0.05) is 13.3 Å². The number of hydrogen-bond donors (Lipinski definition) is 1. The predicted octanol–water partition coefficient (Wildman–Crippen LogP) is 1.71. The summed E-state index contributed by atoms with van der Waals surface area (Å²) >= 11 is 0. The minimum absolute atomic E-state index is 0.576. The Kier molecular flexibility index (Phi) is 6.39. The van der Waals surface area contributed by atoms with Gasteiger partial charge in [-0.25, -0.2) is 0 Å². The SMILES string of the molecule is CCCCN(C)C(C)C(C)NC. The predicted molar refractivity (Wildman–Crippen MR) is 55.5 cm³/mol. The third kappa shape index (κ3) is 4.07. The van der Waals surface area contributed by atoms with Crippen LogP contribution in [-0.4, -0.2) is 37.6 Å². The van der Waals surface area contributed by atoms with Gasteiger partial charge in [0.1, 0.15) is 0 Å². The minimum atomic E-state index is 0.576. The zero-order valence-electron chi connectivity index (χ0n) is 9.22. The van der Waals surface area contributed by atoms with Crippen LogP contribution in [0.15, 0.2) is 0 Å². The molecule has 0 radical (unpaired) electrons. The third-order valence-electron chi connectivity index (χ3n) is 2.74. The summed E-state index contributed by atoms with van der Waals surface area (Å²) in [5.41, 5.74) is 0. The van der Waals surface area contributed by atoms with Gasteiger partial charge in [-0.15, -0.1) is 0 Å². The Morgan fingerprint density at radius 2 is 1.92 bits per heavy atom. The zero-order valence-corrected chi connectivity index (χ0v) is 9.22. The van der Waals surface area contributed by atoms with Gasteiger partial charge in [-0.05, 0) is 40.9 Å². The number of unbranched alkanes of at least 4 members (excludes halogenated alkanes) is 1. The van der Waals surface area contributed by atoms with Crippen LogP contribution in [-0.2, 0) is 0 Å². The molecule has 2 unspecified atom stereocenters. The van der Waals surface area contributed by atoms with Crippen molar-refractivity contribution in [3.63, 3.8) is 0 Å². The van der Waals surface area contributed by atoms with E-state index >= 15 is 0 Å². The molecular weight excluding hydrogens is 148 g/mol. The van der Waals surface area contributed by atoms with Gasteiger partial charge in [0.05, 0.1) is 0 Å². The Hall–Kier alpha value is -0.0800. The highest BCUT2D eigenvalue weighted by atomic mass is 15.1. The molecule has 1 N–H and O–H groups in total. The van der Waals surface area contributed by atoms with E-state index in [1.54, 1.807) is 0 Å². The van der Waals surface area contributed by atoms with E-state index in [9.17, 15) is 0 Å². The van der Waals surface area contributed by atoms with Crippen molar-refractivity contribution in [3.05, 3.63) is 0 Å². The zero-order chi connectivity index (χ0) is 9.56. The van der Waals surface area contributed by atoms with E-state index in [-0.39, 0.29) is 0 Å². The van der Waals surface area contributed by atoms with Crippen molar-refractivity contribution < 1.29 is 0 Å². The van der Waals surface area contributed by atoms with Gasteiger partial charge in [-0.2, -0.15) is 0 Å². The number of likely N-dealkylation sites (N-methyl/N-ethyl adjacent to an activating group) is 2. The van der Waals surface area contributed by atoms with Crippen LogP contribution in [0.3, 0.4) is 0 Å². The molecule has 0 saturated heterocycles. The molecule has 0 fully saturated rings. The van der Waals surface area contributed by atoms with E-state index in [1.165, 1.54) is 19.4 Å². The largest absolute Gasteiger partial charge is 0.316 e. The molecular formula is C10H24N2. The summed E-state index contributed by atoms with van der Waals surface area (Å²) in [6.45, 7) is 7.95. The first kappa shape index (κ1) is 11.9. The smallest absolute Gasteiger partial charge is 0.0215 e. The topological polar surface area (TPSA) is 15.3 Å². The van der Waals surface area contributed by atoms with Crippen molar-refractivity contribution in [1.29, 1.82) is 0 Å². The molecule has 12 heavy (non-hydrogen) atoms. The van der Waals surface area contributed by atoms with Crippen LogP contribution in [0.4, 0.5) is 0 Å². The van der Waals surface area contributed by atoms with E-state index in [4.69, 9.17) is 0 Å². The second-order valence-corrected chi connectivity index (χ2v) is 3.65. The second kappa shape index (κ2) is 6.44. The van der Waals surface area contributed by atoms with E-state index < -0.39 is 0 Å². The molecule has 74 valence electrons. The Morgan fingerprint density at radius 3 is 2.33 bits per heavy atom. The first-order chi connectivity index (χ1) is 5.63. The molecule has 0 heterocycles. The second-order valence-electron chi connectivity index (χ2n) is 3.65. The van der Waals surface area contributed by atoms with Crippen molar-refractivity contribution in [3.8, 4) is 0 Å². The number of hydrogen-bond acceptors (Lipinski definition) is 2. The maximum Gasteiger partial charge on any atom is 0.0215 e. The molecule has 0 amide bonds. The molecule has 0 aromatic carbocycles. The molecule has 2 heteroatoms. The van der Waals surface area contributed by atoms with Crippen molar-refractivity contribution >= 4 is 0 Å². The van der Waals surface area contributed by atoms with Gasteiger partial charge in [-0.3, -0.25) is 0 Å². The van der Waals surface area contributed by atoms with Crippen molar-refractivity contribution in [2.45, 2.75) is 45.7 Å². The molecule has 0 aliphatic rings. The maximum absolute atomic E-state index is 3.28. The first-order valence-corrected chi connectivity index (χ1v) is 5.01. The van der Waals surface area contributed by atoms with Crippen molar-refractivity contribution in [2.75, 3.05) is 20.6 Å². The van der Waals surface area contributed by atoms with Crippen molar-refractivity contribution in [1.82, 2.24) is 10.2 Å². The Morgan fingerprint density at radius 1 is 1.33 bits per heavy atom. The molecule has 2 atom stereocenters. The van der Waals surface area contributed by atoms with Gasteiger partial charge >= 0.3 is 0 Å². The van der Waals surface area contributed by atoms with Gasteiger partial charge < -0.3 is 10.2 Å². The van der Waals surface area contributed by atoms with Crippen LogP contribution >= 0.6 is 0 Å². The fourth-order valence-electron chi connectivity index (χ4n) is 1.23. The molecule has 0 rings (SSSR count). The molecule has 0 spiro atoms. The number of rotatable bonds is 6. The summed E-state index contributed by atoms with van der Waals surface area (Å²) in [7, 11) is 4.23. The Balaban J connectivity index is 3.67. The molecule has 0 aliphatic carbocycles. The highest BCUT2D eigenvalue weighted by molar-refractivity contribution is 4.73. The summed E-state index contributed by atoms with van der Waals surface area (Å²) in [5, 5.41) is 3.28. The average Bonchev–Trinajstić information content (AvgIpc) is 2.11. The van der Waals surface area contributed by atoms with Crippen molar-refractivity contribution in [2.24, 2.45) is 0 Å². The van der Waals surface area contributed by atoms with Gasteiger partial charge in [0.25, 0.3) is 0 Å². The lowest BCUT2D eigenvalue weighted by Crippen LogP contribution is -2.44. The van der Waals surface area contributed by atoms with Crippen LogP contribution in [0, 0.1) is 0 Å². The molecule has 0 aromatic heterocycles. The van der Waals surface area contributed by atoms with Gasteiger partial charge in [0, 0.05) is 12.1 Å². The Labute approximate surface area is 77.3 Å². The van der Waals surface area contributed by atoms with E-state index in [0.29, 0.717) is 12.1 Å². The lowest BCUT2D eigenvalue weighted by molar-refractivity contribution is 0.216. The van der Waals surface area contributed by atoms with Crippen LogP contribution < -0.4 is 5.32 Å². The standard InChI is InChI=1S/C10H24N2/c1-6-7-8-12(5)10(3)9(2)11-4/h9-11H,6-8H2,1-5H3. The molecule has 0 bridgehead atoms. The lowest BCUT2D eigenvalue weighted by atomic mass is 10.1. The highest BCUT2D eigenvalue weighted by Gasteiger charge is 2.13. The molecule has 2 nitrogen and oxygen atoms in total. The summed E-state index contributed by atoms with van der Waals surface area (Å²) in [5.74, 6) is 0. The molecule has 0 aromatic rings. The summed E-state index contributed by atoms with van der Waals surface area (Å²) in [6.07, 6.45) is 2.59. The van der Waals surface area contributed by atoms with Gasteiger partial charge in [0.15, 0.2) is 0 Å². The number of nitrogens with zero attached hydrogens (tertiary/aromatic N) is 1. The average molecular weight is 172 g/mol. The van der Waals surface area contributed by atoms with E-state index in [2.05, 4.69) is 38.0 Å². The maximum atomic E-state index is 3.28. The third-order valence-corrected chi connectivity index (χ3v) is 2.74. The summed E-state index contributed by atoms with van der Waals surface area (Å²) in [4.78, 5) is 2.42. The van der Waals surface area contributed by atoms with E-state index in [1.807, 2.05) is 7.05 Å². The van der Waals surface area contributed by atoms with E-state index in [0.717, 1.165) is 0 Å². The number of nitrogens with one attached hydrogen (secondary N) is 1. The fraction of sp³-hybridized carbons (Fsp3) is 1.00. The van der Waals surface area contributed by atoms with Gasteiger partial charge in [0.2, 0.25) is 0 Å². The Bertz CT molecular complexity index is 104. The van der Waals surface area contributed by atoms with Crippen LogP contribution in [0.5, 0.6) is 0 Å². The lowest BCUT2D eigenvalue weighted by Gasteiger charge is -2.29. The summed E-state index contributed by atoms with van der Waals surface area (Å²) in [6, 6.07) is 1.20. The van der Waals surface area contributed by atoms with Crippen LogP contribution in [0.25, 0.3) is 0 Å².